The van der Waals surface area contributed by atoms with Crippen molar-refractivity contribution in [3.8, 4) is 11.5 Å². The molecule has 3 rings (SSSR count). The number of hydrogen-bond acceptors (Lipinski definition) is 4. The van der Waals surface area contributed by atoms with Gasteiger partial charge >= 0.3 is 0 Å². The van der Waals surface area contributed by atoms with Crippen LogP contribution in [0.1, 0.15) is 24.0 Å². The summed E-state index contributed by atoms with van der Waals surface area (Å²) in [5, 5.41) is 0. The van der Waals surface area contributed by atoms with Gasteiger partial charge in [0.25, 0.3) is 0 Å². The summed E-state index contributed by atoms with van der Waals surface area (Å²) in [6, 6.07) is 13.7. The summed E-state index contributed by atoms with van der Waals surface area (Å²) in [5.74, 6) is 1.64. The highest BCUT2D eigenvalue weighted by Gasteiger charge is 2.16. The molecule has 0 fully saturated rings. The van der Waals surface area contributed by atoms with Crippen molar-refractivity contribution in [1.29, 1.82) is 0 Å². The minimum absolute atomic E-state index is 0.230. The third-order valence-corrected chi connectivity index (χ3v) is 3.84. The molecule has 0 aromatic heterocycles. The van der Waals surface area contributed by atoms with E-state index >= 15 is 0 Å². The number of rotatable bonds is 6. The number of hydrogen-bond donors (Lipinski definition) is 1. The number of anilines is 1. The molecule has 1 aliphatic rings. The first-order valence-electron chi connectivity index (χ1n) is 7.46. The third kappa shape index (κ3) is 3.39. The van der Waals surface area contributed by atoms with Crippen LogP contribution >= 0.6 is 0 Å². The molecule has 1 heterocycles. The molecule has 0 saturated heterocycles. The van der Waals surface area contributed by atoms with Crippen molar-refractivity contribution in [2.45, 2.75) is 25.7 Å². The second-order valence-corrected chi connectivity index (χ2v) is 5.43. The summed E-state index contributed by atoms with van der Waals surface area (Å²) in [7, 11) is 0. The van der Waals surface area contributed by atoms with Gasteiger partial charge in [-0.2, -0.15) is 0 Å². The number of fused-ring (bicyclic) bond motifs is 1. The Balaban J connectivity index is 1.53. The van der Waals surface area contributed by atoms with Gasteiger partial charge in [-0.1, -0.05) is 30.3 Å². The predicted octanol–water partition coefficient (Wildman–Crippen LogP) is 3.13. The van der Waals surface area contributed by atoms with Crippen LogP contribution < -0.4 is 15.2 Å². The van der Waals surface area contributed by atoms with Crippen LogP contribution in [0.3, 0.4) is 0 Å². The van der Waals surface area contributed by atoms with Crippen LogP contribution in [0.5, 0.6) is 11.5 Å². The molecule has 4 nitrogen and oxygen atoms in total. The zero-order valence-electron chi connectivity index (χ0n) is 12.4. The van der Waals surface area contributed by atoms with Crippen molar-refractivity contribution in [1.82, 2.24) is 0 Å². The molecule has 0 spiro atoms. The lowest BCUT2D eigenvalue weighted by Crippen LogP contribution is -2.04. The van der Waals surface area contributed by atoms with Gasteiger partial charge in [0.05, 0.1) is 0 Å². The van der Waals surface area contributed by atoms with Crippen LogP contribution in [0.15, 0.2) is 42.5 Å². The maximum Gasteiger partial charge on any atom is 0.231 e. The predicted molar refractivity (Wildman–Crippen MR) is 85.1 cm³/mol. The van der Waals surface area contributed by atoms with Gasteiger partial charge in [-0.05, 0) is 30.0 Å². The Morgan fingerprint density at radius 2 is 1.68 bits per heavy atom. The summed E-state index contributed by atoms with van der Waals surface area (Å²) in [6.45, 7) is 0.230. The molecule has 4 heteroatoms. The normalized spacial score (nSPS) is 12.4. The van der Waals surface area contributed by atoms with Crippen molar-refractivity contribution in [2.75, 3.05) is 12.5 Å². The van der Waals surface area contributed by atoms with Crippen LogP contribution in [0.4, 0.5) is 5.69 Å². The Bertz CT molecular complexity index is 668. The number of ketones is 1. The standard InChI is InChI=1S/C18H19NO3/c19-16-11-18-17(21-12-22-18)10-14(16)7-9-15(20)8-6-13-4-2-1-3-5-13/h1-5,10-11H,6-9,12,19H2. The second-order valence-electron chi connectivity index (χ2n) is 5.43. The molecule has 2 aromatic carbocycles. The van der Waals surface area contributed by atoms with E-state index in [0.717, 1.165) is 12.0 Å². The number of nitrogen functional groups attached to an aromatic ring is 1. The van der Waals surface area contributed by atoms with Gasteiger partial charge < -0.3 is 15.2 Å². The van der Waals surface area contributed by atoms with Crippen molar-refractivity contribution >= 4 is 11.5 Å². The van der Waals surface area contributed by atoms with Crippen molar-refractivity contribution in [2.24, 2.45) is 0 Å². The number of benzene rings is 2. The average Bonchev–Trinajstić information content (AvgIpc) is 2.98. The smallest absolute Gasteiger partial charge is 0.231 e. The van der Waals surface area contributed by atoms with E-state index in [9.17, 15) is 4.79 Å². The van der Waals surface area contributed by atoms with Crippen LogP contribution in [0.2, 0.25) is 0 Å². The third-order valence-electron chi connectivity index (χ3n) is 3.84. The Labute approximate surface area is 129 Å². The fourth-order valence-electron chi connectivity index (χ4n) is 2.54. The zero-order chi connectivity index (χ0) is 15.4. The first-order valence-corrected chi connectivity index (χ1v) is 7.46. The zero-order valence-corrected chi connectivity index (χ0v) is 12.4. The molecule has 0 unspecified atom stereocenters. The van der Waals surface area contributed by atoms with Gasteiger partial charge in [0, 0.05) is 24.6 Å². The van der Waals surface area contributed by atoms with E-state index in [1.807, 2.05) is 36.4 Å². The maximum atomic E-state index is 12.0. The topological polar surface area (TPSA) is 61.6 Å². The van der Waals surface area contributed by atoms with Crippen LogP contribution in [0.25, 0.3) is 0 Å². The minimum Gasteiger partial charge on any atom is -0.454 e. The number of carbonyl (C=O) groups excluding carboxylic acids is 1. The van der Waals surface area contributed by atoms with Gasteiger partial charge in [0.15, 0.2) is 11.5 Å². The minimum atomic E-state index is 0.230. The van der Waals surface area contributed by atoms with Gasteiger partial charge in [0.2, 0.25) is 6.79 Å². The van der Waals surface area contributed by atoms with E-state index < -0.39 is 0 Å². The summed E-state index contributed by atoms with van der Waals surface area (Å²) in [5.41, 5.74) is 8.79. The molecule has 2 N–H and O–H groups in total. The Kier molecular flexibility index (Phi) is 4.28. The molecule has 0 atom stereocenters. The summed E-state index contributed by atoms with van der Waals surface area (Å²) < 4.78 is 10.6. The Morgan fingerprint density at radius 1 is 1.00 bits per heavy atom. The average molecular weight is 297 g/mol. The SMILES string of the molecule is Nc1cc2c(cc1CCC(=O)CCc1ccccc1)OCO2. The highest BCUT2D eigenvalue weighted by molar-refractivity contribution is 5.79. The van der Waals surface area contributed by atoms with Gasteiger partial charge in [-0.15, -0.1) is 0 Å². The van der Waals surface area contributed by atoms with Crippen LogP contribution in [-0.2, 0) is 17.6 Å². The first-order chi connectivity index (χ1) is 10.7. The van der Waals surface area contributed by atoms with Crippen molar-refractivity contribution in [3.63, 3.8) is 0 Å². The lowest BCUT2D eigenvalue weighted by atomic mass is 10.0. The largest absolute Gasteiger partial charge is 0.454 e. The first kappa shape index (κ1) is 14.4. The lowest BCUT2D eigenvalue weighted by Gasteiger charge is -2.07. The van der Waals surface area contributed by atoms with E-state index in [1.165, 1.54) is 5.56 Å². The molecule has 22 heavy (non-hydrogen) atoms. The number of aryl methyl sites for hydroxylation is 2. The summed E-state index contributed by atoms with van der Waals surface area (Å²) >= 11 is 0. The number of carbonyl (C=O) groups is 1. The fourth-order valence-corrected chi connectivity index (χ4v) is 2.54. The molecule has 0 amide bonds. The molecule has 0 aliphatic carbocycles. The van der Waals surface area contributed by atoms with Gasteiger partial charge in [-0.25, -0.2) is 0 Å². The highest BCUT2D eigenvalue weighted by atomic mass is 16.7. The Hall–Kier alpha value is -2.49. The molecule has 1 aliphatic heterocycles. The van der Waals surface area contributed by atoms with Gasteiger partial charge in [-0.3, -0.25) is 4.79 Å². The van der Waals surface area contributed by atoms with E-state index in [1.54, 1.807) is 6.07 Å². The van der Waals surface area contributed by atoms with E-state index in [-0.39, 0.29) is 12.6 Å². The van der Waals surface area contributed by atoms with E-state index in [4.69, 9.17) is 15.2 Å². The fraction of sp³-hybridized carbons (Fsp3) is 0.278. The number of nitrogens with two attached hydrogens (primary N) is 1. The molecule has 0 radical (unpaired) electrons. The quantitative estimate of drug-likeness (QED) is 0.832. The van der Waals surface area contributed by atoms with E-state index in [0.29, 0.717) is 36.4 Å². The molecule has 2 aromatic rings. The molecular formula is C18H19NO3. The van der Waals surface area contributed by atoms with Crippen LogP contribution in [-0.4, -0.2) is 12.6 Å². The second kappa shape index (κ2) is 6.52. The Morgan fingerprint density at radius 3 is 2.45 bits per heavy atom. The molecular weight excluding hydrogens is 278 g/mol. The van der Waals surface area contributed by atoms with E-state index in [2.05, 4.69) is 0 Å². The van der Waals surface area contributed by atoms with Crippen molar-refractivity contribution in [3.05, 3.63) is 53.6 Å². The maximum absolute atomic E-state index is 12.0. The molecule has 114 valence electrons. The summed E-state index contributed by atoms with van der Waals surface area (Å²) in [4.78, 5) is 12.0. The summed E-state index contributed by atoms with van der Waals surface area (Å²) in [6.07, 6.45) is 2.48. The number of Topliss-reactive ketones (excluding diaryl/α,β-unsaturated/α-hetero) is 1. The van der Waals surface area contributed by atoms with Crippen molar-refractivity contribution < 1.29 is 14.3 Å². The highest BCUT2D eigenvalue weighted by Crippen LogP contribution is 2.36. The monoisotopic (exact) mass is 297 g/mol. The number of ether oxygens (including phenoxy) is 2. The lowest BCUT2D eigenvalue weighted by molar-refractivity contribution is -0.119. The molecule has 0 saturated carbocycles. The van der Waals surface area contributed by atoms with Gasteiger partial charge in [0.1, 0.15) is 5.78 Å². The van der Waals surface area contributed by atoms with Crippen LogP contribution in [0, 0.1) is 0 Å². The molecule has 0 bridgehead atoms.